The minimum atomic E-state index is -1.06. The first-order valence-corrected chi connectivity index (χ1v) is 5.35. The van der Waals surface area contributed by atoms with Crippen LogP contribution < -0.4 is 0 Å². The highest BCUT2D eigenvalue weighted by Gasteiger charge is 2.37. The lowest BCUT2D eigenvalue weighted by Crippen LogP contribution is -2.58. The molecule has 0 unspecified atom stereocenters. The summed E-state index contributed by atoms with van der Waals surface area (Å²) in [5.74, 6) is -2.37. The summed E-state index contributed by atoms with van der Waals surface area (Å²) in [7, 11) is 0. The van der Waals surface area contributed by atoms with Gasteiger partial charge in [-0.15, -0.1) is 0 Å². The van der Waals surface area contributed by atoms with Gasteiger partial charge in [-0.1, -0.05) is 6.92 Å². The summed E-state index contributed by atoms with van der Waals surface area (Å²) < 4.78 is 0. The van der Waals surface area contributed by atoms with Crippen LogP contribution in [0.15, 0.2) is 0 Å². The van der Waals surface area contributed by atoms with Crippen molar-refractivity contribution in [2.45, 2.75) is 26.3 Å². The van der Waals surface area contributed by atoms with Crippen LogP contribution in [-0.2, 0) is 14.4 Å². The van der Waals surface area contributed by atoms with Gasteiger partial charge in [-0.05, 0) is 13.3 Å². The molecule has 6 nitrogen and oxygen atoms in total. The molecule has 0 saturated carbocycles. The van der Waals surface area contributed by atoms with Crippen LogP contribution in [0, 0.1) is 0 Å². The van der Waals surface area contributed by atoms with Crippen LogP contribution in [0.3, 0.4) is 0 Å². The number of hydrogen-bond acceptors (Lipinski definition) is 3. The predicted molar refractivity (Wildman–Crippen MR) is 55.7 cm³/mol. The Morgan fingerprint density at radius 1 is 1.31 bits per heavy atom. The van der Waals surface area contributed by atoms with Crippen molar-refractivity contribution in [3.8, 4) is 0 Å². The summed E-state index contributed by atoms with van der Waals surface area (Å²) in [6.07, 6.45) is 0.306. The normalized spacial score (nSPS) is 18.9. The third-order valence-electron chi connectivity index (χ3n) is 2.77. The van der Waals surface area contributed by atoms with Gasteiger partial charge in [0.25, 0.3) is 0 Å². The second kappa shape index (κ2) is 4.96. The minimum Gasteiger partial charge on any atom is -0.480 e. The molecule has 0 aromatic carbocycles. The Labute approximate surface area is 93.8 Å². The summed E-state index contributed by atoms with van der Waals surface area (Å²) in [5.41, 5.74) is 0. The molecule has 0 aliphatic carbocycles. The number of rotatable bonds is 4. The number of carbonyl (C=O) groups is 3. The summed E-state index contributed by atoms with van der Waals surface area (Å²) >= 11 is 0. The maximum Gasteiger partial charge on any atom is 0.326 e. The molecular formula is C10H16N2O4. The molecule has 1 N–H and O–H groups in total. The van der Waals surface area contributed by atoms with E-state index in [9.17, 15) is 14.4 Å². The zero-order valence-corrected chi connectivity index (χ0v) is 9.47. The van der Waals surface area contributed by atoms with Gasteiger partial charge in [0.2, 0.25) is 0 Å². The van der Waals surface area contributed by atoms with E-state index in [2.05, 4.69) is 0 Å². The number of amides is 2. The van der Waals surface area contributed by atoms with Gasteiger partial charge in [-0.3, -0.25) is 9.59 Å². The Balaban J connectivity index is 2.82. The third kappa shape index (κ3) is 2.15. The van der Waals surface area contributed by atoms with Crippen molar-refractivity contribution in [1.29, 1.82) is 0 Å². The zero-order chi connectivity index (χ0) is 12.3. The SMILES string of the molecule is CC[C@H](C(=O)O)N1CCN(CC)C(=O)C1=O. The molecule has 0 aromatic heterocycles. The quantitative estimate of drug-likeness (QED) is 0.660. The fourth-order valence-electron chi connectivity index (χ4n) is 1.82. The number of carbonyl (C=O) groups excluding carboxylic acids is 2. The van der Waals surface area contributed by atoms with E-state index in [0.29, 0.717) is 26.1 Å². The van der Waals surface area contributed by atoms with E-state index in [1.807, 2.05) is 0 Å². The van der Waals surface area contributed by atoms with Crippen LogP contribution in [0.25, 0.3) is 0 Å². The van der Waals surface area contributed by atoms with Gasteiger partial charge >= 0.3 is 17.8 Å². The first kappa shape index (κ1) is 12.5. The number of carboxylic acids is 1. The van der Waals surface area contributed by atoms with Gasteiger partial charge in [-0.25, -0.2) is 4.79 Å². The molecule has 2 amide bonds. The van der Waals surface area contributed by atoms with E-state index < -0.39 is 23.8 Å². The highest BCUT2D eigenvalue weighted by atomic mass is 16.4. The molecule has 0 bridgehead atoms. The van der Waals surface area contributed by atoms with Crippen LogP contribution in [-0.4, -0.2) is 58.4 Å². The van der Waals surface area contributed by atoms with Gasteiger partial charge in [0, 0.05) is 19.6 Å². The lowest BCUT2D eigenvalue weighted by atomic mass is 10.1. The maximum absolute atomic E-state index is 11.7. The number of nitrogens with zero attached hydrogens (tertiary/aromatic N) is 2. The molecule has 1 aliphatic rings. The van der Waals surface area contributed by atoms with E-state index in [1.54, 1.807) is 13.8 Å². The molecule has 16 heavy (non-hydrogen) atoms. The monoisotopic (exact) mass is 228 g/mol. The molecule has 1 atom stereocenters. The molecular weight excluding hydrogens is 212 g/mol. The Kier molecular flexibility index (Phi) is 3.87. The van der Waals surface area contributed by atoms with E-state index in [1.165, 1.54) is 4.90 Å². The zero-order valence-electron chi connectivity index (χ0n) is 9.47. The second-order valence-corrected chi connectivity index (χ2v) is 3.65. The van der Waals surface area contributed by atoms with E-state index in [-0.39, 0.29) is 0 Å². The first-order valence-electron chi connectivity index (χ1n) is 5.35. The lowest BCUT2D eigenvalue weighted by molar-refractivity contribution is -0.162. The fourth-order valence-corrected chi connectivity index (χ4v) is 1.82. The Bertz CT molecular complexity index is 316. The third-order valence-corrected chi connectivity index (χ3v) is 2.77. The summed E-state index contributed by atoms with van der Waals surface area (Å²) in [6.45, 7) is 4.65. The summed E-state index contributed by atoms with van der Waals surface area (Å²) in [4.78, 5) is 36.7. The Morgan fingerprint density at radius 2 is 1.94 bits per heavy atom. The Morgan fingerprint density at radius 3 is 2.38 bits per heavy atom. The topological polar surface area (TPSA) is 77.9 Å². The lowest BCUT2D eigenvalue weighted by Gasteiger charge is -2.35. The van der Waals surface area contributed by atoms with Crippen LogP contribution in [0.5, 0.6) is 0 Å². The smallest absolute Gasteiger partial charge is 0.326 e. The predicted octanol–water partition coefficient (Wildman–Crippen LogP) is -0.460. The standard InChI is InChI=1S/C10H16N2O4/c1-3-7(10(15)16)12-6-5-11(4-2)8(13)9(12)14/h7H,3-6H2,1-2H3,(H,15,16)/t7-/m1/s1. The average molecular weight is 228 g/mol. The molecule has 1 rings (SSSR count). The van der Waals surface area contributed by atoms with Gasteiger partial charge in [0.15, 0.2) is 0 Å². The number of carboxylic acid groups (broad SMARTS) is 1. The Hall–Kier alpha value is -1.59. The van der Waals surface area contributed by atoms with Gasteiger partial charge in [0.05, 0.1) is 0 Å². The van der Waals surface area contributed by atoms with Crippen LogP contribution in [0.4, 0.5) is 0 Å². The van der Waals surface area contributed by atoms with Crippen molar-refractivity contribution < 1.29 is 19.5 Å². The molecule has 1 aliphatic heterocycles. The maximum atomic E-state index is 11.7. The summed E-state index contributed by atoms with van der Waals surface area (Å²) in [5, 5.41) is 8.93. The van der Waals surface area contributed by atoms with E-state index in [4.69, 9.17) is 5.11 Å². The number of likely N-dealkylation sites (N-methyl/N-ethyl adjacent to an activating group) is 1. The number of aliphatic carboxylic acids is 1. The van der Waals surface area contributed by atoms with E-state index in [0.717, 1.165) is 4.90 Å². The minimum absolute atomic E-state index is 0.295. The highest BCUT2D eigenvalue weighted by molar-refractivity contribution is 6.35. The van der Waals surface area contributed by atoms with Crippen molar-refractivity contribution in [3.63, 3.8) is 0 Å². The fraction of sp³-hybridized carbons (Fsp3) is 0.700. The first-order chi connectivity index (χ1) is 7.52. The van der Waals surface area contributed by atoms with Crippen LogP contribution >= 0.6 is 0 Å². The molecule has 1 heterocycles. The van der Waals surface area contributed by atoms with Crippen LogP contribution in [0.2, 0.25) is 0 Å². The molecule has 0 radical (unpaired) electrons. The molecule has 0 aromatic rings. The summed E-state index contributed by atoms with van der Waals surface area (Å²) in [6, 6.07) is -0.893. The van der Waals surface area contributed by atoms with Gasteiger partial charge in [0.1, 0.15) is 6.04 Å². The molecule has 6 heteroatoms. The van der Waals surface area contributed by atoms with Crippen LogP contribution in [0.1, 0.15) is 20.3 Å². The van der Waals surface area contributed by atoms with Crippen molar-refractivity contribution in [2.75, 3.05) is 19.6 Å². The van der Waals surface area contributed by atoms with Gasteiger partial charge in [-0.2, -0.15) is 0 Å². The largest absolute Gasteiger partial charge is 0.480 e. The molecule has 1 fully saturated rings. The molecule has 90 valence electrons. The van der Waals surface area contributed by atoms with Crippen molar-refractivity contribution in [3.05, 3.63) is 0 Å². The molecule has 0 spiro atoms. The van der Waals surface area contributed by atoms with Crippen molar-refractivity contribution in [2.24, 2.45) is 0 Å². The molecule has 1 saturated heterocycles. The number of hydrogen-bond donors (Lipinski definition) is 1. The number of piperazine rings is 1. The van der Waals surface area contributed by atoms with E-state index >= 15 is 0 Å². The van der Waals surface area contributed by atoms with Crippen molar-refractivity contribution in [1.82, 2.24) is 9.80 Å². The van der Waals surface area contributed by atoms with Gasteiger partial charge < -0.3 is 14.9 Å². The average Bonchev–Trinajstić information content (AvgIpc) is 2.25. The second-order valence-electron chi connectivity index (χ2n) is 3.65. The highest BCUT2D eigenvalue weighted by Crippen LogP contribution is 2.11. The van der Waals surface area contributed by atoms with Crippen molar-refractivity contribution >= 4 is 17.8 Å².